The van der Waals surface area contributed by atoms with Gasteiger partial charge < -0.3 is 5.41 Å². The lowest BCUT2D eigenvalue weighted by Crippen LogP contribution is -2.15. The van der Waals surface area contributed by atoms with Crippen molar-refractivity contribution >= 4 is 5.71 Å². The van der Waals surface area contributed by atoms with Crippen LogP contribution in [0.2, 0.25) is 0 Å². The van der Waals surface area contributed by atoms with Crippen molar-refractivity contribution in [3.05, 3.63) is 36.5 Å². The maximum atomic E-state index is 8.23. The van der Waals surface area contributed by atoms with Crippen LogP contribution in [0.3, 0.4) is 0 Å². The van der Waals surface area contributed by atoms with Crippen LogP contribution in [-0.4, -0.2) is 5.71 Å². The molecule has 0 aromatic carbocycles. The number of hydrogen-bond acceptors (Lipinski definition) is 1. The van der Waals surface area contributed by atoms with Gasteiger partial charge in [-0.1, -0.05) is 57.6 Å². The highest BCUT2D eigenvalue weighted by Gasteiger charge is 2.14. The van der Waals surface area contributed by atoms with Crippen LogP contribution in [0, 0.1) is 11.3 Å². The largest absolute Gasteiger partial charge is 0.304 e. The molecule has 0 rings (SSSR count). The van der Waals surface area contributed by atoms with E-state index in [0.29, 0.717) is 5.92 Å². The second kappa shape index (κ2) is 9.14. The number of nitrogens with one attached hydrogen (secondary N) is 1. The van der Waals surface area contributed by atoms with Gasteiger partial charge in [-0.05, 0) is 25.3 Å². The normalized spacial score (nSPS) is 12.4. The maximum Gasteiger partial charge on any atom is 0.0413 e. The molecule has 0 saturated carbocycles. The van der Waals surface area contributed by atoms with Crippen molar-refractivity contribution in [2.24, 2.45) is 5.92 Å². The van der Waals surface area contributed by atoms with Crippen LogP contribution in [-0.2, 0) is 0 Å². The topological polar surface area (TPSA) is 23.9 Å². The molecule has 16 heavy (non-hydrogen) atoms. The van der Waals surface area contributed by atoms with Gasteiger partial charge in [0.1, 0.15) is 0 Å². The van der Waals surface area contributed by atoms with Crippen molar-refractivity contribution in [1.82, 2.24) is 0 Å². The zero-order chi connectivity index (χ0) is 12.4. The quantitative estimate of drug-likeness (QED) is 0.443. The highest BCUT2D eigenvalue weighted by molar-refractivity contribution is 6.01. The van der Waals surface area contributed by atoms with Crippen molar-refractivity contribution in [3.63, 3.8) is 0 Å². The molecular weight excluding hydrogens is 194 g/mol. The van der Waals surface area contributed by atoms with Crippen LogP contribution in [0.25, 0.3) is 0 Å². The summed E-state index contributed by atoms with van der Waals surface area (Å²) in [4.78, 5) is 0. The zero-order valence-corrected chi connectivity index (χ0v) is 10.9. The molecular formula is C15H25N. The third-order valence-electron chi connectivity index (χ3n) is 2.72. The SMILES string of the molecule is C=C/C=C\C(=C/C)C(=N)C(CCC)CCC. The first kappa shape index (κ1) is 14.9. The summed E-state index contributed by atoms with van der Waals surface area (Å²) < 4.78 is 0. The van der Waals surface area contributed by atoms with Gasteiger partial charge in [0.25, 0.3) is 0 Å². The molecule has 0 atom stereocenters. The fraction of sp³-hybridized carbons (Fsp3) is 0.533. The van der Waals surface area contributed by atoms with E-state index in [-0.39, 0.29) is 0 Å². The van der Waals surface area contributed by atoms with Crippen molar-refractivity contribution in [1.29, 1.82) is 5.41 Å². The van der Waals surface area contributed by atoms with Gasteiger partial charge in [-0.25, -0.2) is 0 Å². The number of allylic oxidation sites excluding steroid dienone is 5. The first-order valence-electron chi connectivity index (χ1n) is 6.25. The van der Waals surface area contributed by atoms with E-state index in [9.17, 15) is 0 Å². The predicted octanol–water partition coefficient (Wildman–Crippen LogP) is 4.91. The molecule has 1 nitrogen and oxygen atoms in total. The average molecular weight is 219 g/mol. The van der Waals surface area contributed by atoms with E-state index < -0.39 is 0 Å². The van der Waals surface area contributed by atoms with Gasteiger partial charge in [-0.2, -0.15) is 0 Å². The van der Waals surface area contributed by atoms with Crippen molar-refractivity contribution < 1.29 is 0 Å². The van der Waals surface area contributed by atoms with Gasteiger partial charge in [-0.3, -0.25) is 0 Å². The monoisotopic (exact) mass is 219 g/mol. The summed E-state index contributed by atoms with van der Waals surface area (Å²) >= 11 is 0. The molecule has 0 aliphatic rings. The molecule has 0 heterocycles. The summed E-state index contributed by atoms with van der Waals surface area (Å²) in [5.74, 6) is 0.413. The van der Waals surface area contributed by atoms with Crippen LogP contribution >= 0.6 is 0 Å². The van der Waals surface area contributed by atoms with Gasteiger partial charge in [0, 0.05) is 11.6 Å². The van der Waals surface area contributed by atoms with E-state index in [2.05, 4.69) is 20.4 Å². The standard InChI is InChI=1S/C15H25N/c1-5-9-12-13(8-4)15(16)14(10-6-2)11-7-3/h5,8-9,12,14,16H,1,6-7,10-11H2,2-4H3/b12-9-,13-8+,16-15?. The Hall–Kier alpha value is -1.11. The van der Waals surface area contributed by atoms with E-state index in [1.807, 2.05) is 25.2 Å². The lowest BCUT2D eigenvalue weighted by atomic mass is 9.88. The van der Waals surface area contributed by atoms with Crippen LogP contribution in [0.4, 0.5) is 0 Å². The molecule has 0 fully saturated rings. The molecule has 0 aliphatic heterocycles. The van der Waals surface area contributed by atoms with Crippen LogP contribution in [0.5, 0.6) is 0 Å². The Morgan fingerprint density at radius 2 is 1.81 bits per heavy atom. The molecule has 0 aromatic rings. The molecule has 0 bridgehead atoms. The minimum Gasteiger partial charge on any atom is -0.304 e. The second-order valence-corrected chi connectivity index (χ2v) is 4.03. The van der Waals surface area contributed by atoms with E-state index in [0.717, 1.165) is 37.0 Å². The Balaban J connectivity index is 4.68. The number of hydrogen-bond donors (Lipinski definition) is 1. The molecule has 0 unspecified atom stereocenters. The highest BCUT2D eigenvalue weighted by Crippen LogP contribution is 2.19. The average Bonchev–Trinajstić information content (AvgIpc) is 2.29. The van der Waals surface area contributed by atoms with Gasteiger partial charge in [0.05, 0.1) is 0 Å². The first-order valence-corrected chi connectivity index (χ1v) is 6.25. The van der Waals surface area contributed by atoms with E-state index in [1.165, 1.54) is 0 Å². The summed E-state index contributed by atoms with van der Waals surface area (Å²) in [6.07, 6.45) is 12.2. The fourth-order valence-corrected chi connectivity index (χ4v) is 1.88. The molecule has 90 valence electrons. The summed E-state index contributed by atoms with van der Waals surface area (Å²) in [7, 11) is 0. The van der Waals surface area contributed by atoms with Crippen LogP contribution in [0.1, 0.15) is 46.5 Å². The Kier molecular flexibility index (Phi) is 8.51. The minimum absolute atomic E-state index is 0.413. The van der Waals surface area contributed by atoms with Crippen molar-refractivity contribution in [2.45, 2.75) is 46.5 Å². The maximum absolute atomic E-state index is 8.23. The Labute approximate surface area is 100 Å². The van der Waals surface area contributed by atoms with Gasteiger partial charge in [0.15, 0.2) is 0 Å². The molecule has 0 aliphatic carbocycles. The Morgan fingerprint density at radius 3 is 2.19 bits per heavy atom. The summed E-state index contributed by atoms with van der Waals surface area (Å²) in [6, 6.07) is 0. The number of rotatable bonds is 8. The highest BCUT2D eigenvalue weighted by atomic mass is 14.4. The third-order valence-corrected chi connectivity index (χ3v) is 2.72. The molecule has 0 saturated heterocycles. The Bertz CT molecular complexity index is 265. The first-order chi connectivity index (χ1) is 7.71. The van der Waals surface area contributed by atoms with Crippen LogP contribution in [0.15, 0.2) is 36.5 Å². The Morgan fingerprint density at radius 1 is 1.25 bits per heavy atom. The van der Waals surface area contributed by atoms with E-state index in [4.69, 9.17) is 5.41 Å². The zero-order valence-electron chi connectivity index (χ0n) is 10.9. The third kappa shape index (κ3) is 5.11. The summed E-state index contributed by atoms with van der Waals surface area (Å²) in [5.41, 5.74) is 1.82. The second-order valence-electron chi connectivity index (χ2n) is 4.03. The van der Waals surface area contributed by atoms with Crippen molar-refractivity contribution in [2.75, 3.05) is 0 Å². The molecule has 0 spiro atoms. The molecule has 1 heteroatoms. The van der Waals surface area contributed by atoms with E-state index in [1.54, 1.807) is 6.08 Å². The minimum atomic E-state index is 0.413. The lowest BCUT2D eigenvalue weighted by Gasteiger charge is -2.17. The predicted molar refractivity (Wildman–Crippen MR) is 74.1 cm³/mol. The van der Waals surface area contributed by atoms with Crippen LogP contribution < -0.4 is 0 Å². The van der Waals surface area contributed by atoms with Gasteiger partial charge >= 0.3 is 0 Å². The molecule has 0 radical (unpaired) electrons. The molecule has 0 amide bonds. The van der Waals surface area contributed by atoms with E-state index >= 15 is 0 Å². The van der Waals surface area contributed by atoms with Crippen molar-refractivity contribution in [3.8, 4) is 0 Å². The summed E-state index contributed by atoms with van der Waals surface area (Å²) in [6.45, 7) is 10.0. The molecule has 1 N–H and O–H groups in total. The van der Waals surface area contributed by atoms with Gasteiger partial charge in [-0.15, -0.1) is 0 Å². The molecule has 0 aromatic heterocycles. The summed E-state index contributed by atoms with van der Waals surface area (Å²) in [5, 5.41) is 8.23. The lowest BCUT2D eigenvalue weighted by molar-refractivity contribution is 0.557. The van der Waals surface area contributed by atoms with Gasteiger partial charge in [0.2, 0.25) is 0 Å². The smallest absolute Gasteiger partial charge is 0.0413 e. The fourth-order valence-electron chi connectivity index (χ4n) is 1.88.